The van der Waals surface area contributed by atoms with E-state index in [1.54, 1.807) is 6.20 Å². The number of hydrogen-bond donors (Lipinski definition) is 1. The second-order valence-electron chi connectivity index (χ2n) is 8.15. The Balaban J connectivity index is 1.21. The van der Waals surface area contributed by atoms with Gasteiger partial charge in [0.1, 0.15) is 10.6 Å². The largest absolute Gasteiger partial charge is 0.338 e. The molecule has 33 heavy (non-hydrogen) atoms. The molecule has 4 aromatic rings. The van der Waals surface area contributed by atoms with E-state index in [1.807, 2.05) is 54.5 Å². The van der Waals surface area contributed by atoms with E-state index in [-0.39, 0.29) is 17.7 Å². The normalized spacial score (nSPS) is 14.5. The number of aromatic nitrogens is 3. The molecule has 1 aliphatic rings. The zero-order valence-corrected chi connectivity index (χ0v) is 20.0. The zero-order valence-electron chi connectivity index (χ0n) is 18.4. The standard InChI is InChI=1S/C24H23N5O2S2/c1-14-21(33-15(2)26-14)24(31)29-10-7-16(8-11-29)23-28-20(13-32-23)22(30)27-18-5-6-19-17(12-18)4-3-9-25-19/h3-6,9,12-13,16H,7-8,10-11H2,1-2H3,(H,27,30). The lowest BCUT2D eigenvalue weighted by atomic mass is 9.97. The highest BCUT2D eigenvalue weighted by molar-refractivity contribution is 7.13. The van der Waals surface area contributed by atoms with Crippen molar-refractivity contribution in [1.29, 1.82) is 0 Å². The van der Waals surface area contributed by atoms with Crippen LogP contribution in [0.3, 0.4) is 0 Å². The number of benzene rings is 1. The number of nitrogens with zero attached hydrogens (tertiary/aromatic N) is 4. The lowest BCUT2D eigenvalue weighted by Gasteiger charge is -2.30. The number of nitrogens with one attached hydrogen (secondary N) is 1. The summed E-state index contributed by atoms with van der Waals surface area (Å²) in [6, 6.07) is 9.49. The van der Waals surface area contributed by atoms with Gasteiger partial charge in [0.15, 0.2) is 0 Å². The van der Waals surface area contributed by atoms with Crippen molar-refractivity contribution in [2.24, 2.45) is 0 Å². The third kappa shape index (κ3) is 4.51. The number of likely N-dealkylation sites (tertiary alicyclic amines) is 1. The van der Waals surface area contributed by atoms with E-state index in [0.717, 1.165) is 50.0 Å². The highest BCUT2D eigenvalue weighted by Gasteiger charge is 2.28. The van der Waals surface area contributed by atoms with Crippen molar-refractivity contribution < 1.29 is 9.59 Å². The summed E-state index contributed by atoms with van der Waals surface area (Å²) >= 11 is 2.98. The predicted octanol–water partition coefficient (Wildman–Crippen LogP) is 5.04. The highest BCUT2D eigenvalue weighted by atomic mass is 32.1. The fourth-order valence-electron chi connectivity index (χ4n) is 4.13. The van der Waals surface area contributed by atoms with Crippen molar-refractivity contribution in [2.45, 2.75) is 32.6 Å². The van der Waals surface area contributed by atoms with Crippen molar-refractivity contribution in [3.05, 3.63) is 68.2 Å². The first-order valence-electron chi connectivity index (χ1n) is 10.8. The van der Waals surface area contributed by atoms with Gasteiger partial charge in [0.2, 0.25) is 0 Å². The molecule has 4 heterocycles. The lowest BCUT2D eigenvalue weighted by molar-refractivity contribution is 0.0717. The number of anilines is 1. The highest BCUT2D eigenvalue weighted by Crippen LogP contribution is 2.32. The topological polar surface area (TPSA) is 88.1 Å². The molecule has 1 aliphatic heterocycles. The van der Waals surface area contributed by atoms with E-state index < -0.39 is 0 Å². The molecule has 0 unspecified atom stereocenters. The number of aryl methyl sites for hydroxylation is 2. The molecule has 0 saturated carbocycles. The van der Waals surface area contributed by atoms with Gasteiger partial charge in [-0.3, -0.25) is 14.6 Å². The first kappa shape index (κ1) is 21.7. The molecule has 1 N–H and O–H groups in total. The number of carbonyl (C=O) groups is 2. The van der Waals surface area contributed by atoms with Gasteiger partial charge >= 0.3 is 0 Å². The Morgan fingerprint density at radius 3 is 2.70 bits per heavy atom. The van der Waals surface area contributed by atoms with Crippen LogP contribution in [0.25, 0.3) is 10.9 Å². The molecule has 0 radical (unpaired) electrons. The van der Waals surface area contributed by atoms with Crippen LogP contribution in [0.15, 0.2) is 41.9 Å². The number of amides is 2. The van der Waals surface area contributed by atoms with Crippen LogP contribution in [0.2, 0.25) is 0 Å². The molecule has 3 aromatic heterocycles. The van der Waals surface area contributed by atoms with Crippen LogP contribution in [0.5, 0.6) is 0 Å². The second kappa shape index (κ2) is 8.99. The van der Waals surface area contributed by atoms with Gasteiger partial charge in [-0.2, -0.15) is 0 Å². The van der Waals surface area contributed by atoms with E-state index in [2.05, 4.69) is 20.3 Å². The smallest absolute Gasteiger partial charge is 0.275 e. The van der Waals surface area contributed by atoms with Gasteiger partial charge in [-0.25, -0.2) is 9.97 Å². The van der Waals surface area contributed by atoms with Crippen molar-refractivity contribution in [3.63, 3.8) is 0 Å². The third-order valence-electron chi connectivity index (χ3n) is 5.84. The number of pyridine rings is 1. The summed E-state index contributed by atoms with van der Waals surface area (Å²) in [5.74, 6) is 0.113. The third-order valence-corrected chi connectivity index (χ3v) is 7.91. The Morgan fingerprint density at radius 1 is 1.12 bits per heavy atom. The molecule has 1 fully saturated rings. The van der Waals surface area contributed by atoms with Crippen LogP contribution < -0.4 is 5.32 Å². The molecule has 0 bridgehead atoms. The van der Waals surface area contributed by atoms with Crippen molar-refractivity contribution in [1.82, 2.24) is 19.9 Å². The van der Waals surface area contributed by atoms with Gasteiger partial charge in [-0.05, 0) is 51.0 Å². The van der Waals surface area contributed by atoms with Gasteiger partial charge in [0, 0.05) is 41.7 Å². The molecule has 5 rings (SSSR count). The van der Waals surface area contributed by atoms with Gasteiger partial charge in [-0.15, -0.1) is 22.7 Å². The number of hydrogen-bond acceptors (Lipinski definition) is 7. The zero-order chi connectivity index (χ0) is 22.9. The molecule has 2 amide bonds. The van der Waals surface area contributed by atoms with E-state index in [4.69, 9.17) is 0 Å². The minimum atomic E-state index is -0.218. The van der Waals surface area contributed by atoms with Crippen LogP contribution in [0.4, 0.5) is 5.69 Å². The van der Waals surface area contributed by atoms with E-state index >= 15 is 0 Å². The summed E-state index contributed by atoms with van der Waals surface area (Å²) in [5.41, 5.74) is 2.84. The van der Waals surface area contributed by atoms with Crippen LogP contribution in [0, 0.1) is 13.8 Å². The summed E-state index contributed by atoms with van der Waals surface area (Å²) in [4.78, 5) is 41.5. The average molecular weight is 478 g/mol. The van der Waals surface area contributed by atoms with Crippen LogP contribution in [0.1, 0.15) is 54.6 Å². The Labute approximate surface area is 199 Å². The molecule has 9 heteroatoms. The average Bonchev–Trinajstić information content (AvgIpc) is 3.45. The van der Waals surface area contributed by atoms with Gasteiger partial charge in [0.05, 0.1) is 21.2 Å². The Kier molecular flexibility index (Phi) is 5.90. The van der Waals surface area contributed by atoms with Gasteiger partial charge in [-0.1, -0.05) is 6.07 Å². The SMILES string of the molecule is Cc1nc(C)c(C(=O)N2CCC(c3nc(C(=O)Nc4ccc5ncccc5c4)cs3)CC2)s1. The number of rotatable bonds is 4. The molecular weight excluding hydrogens is 454 g/mol. The quantitative estimate of drug-likeness (QED) is 0.445. The lowest BCUT2D eigenvalue weighted by Crippen LogP contribution is -2.37. The summed E-state index contributed by atoms with van der Waals surface area (Å²) in [7, 11) is 0. The first-order valence-corrected chi connectivity index (χ1v) is 12.5. The maximum atomic E-state index is 12.9. The molecule has 1 saturated heterocycles. The minimum absolute atomic E-state index is 0.0707. The second-order valence-corrected chi connectivity index (χ2v) is 10.2. The summed E-state index contributed by atoms with van der Waals surface area (Å²) in [6.07, 6.45) is 3.43. The summed E-state index contributed by atoms with van der Waals surface area (Å²) in [5, 5.41) is 7.59. The first-order chi connectivity index (χ1) is 16.0. The van der Waals surface area contributed by atoms with Crippen LogP contribution in [-0.4, -0.2) is 44.8 Å². The molecule has 0 aliphatic carbocycles. The number of thiazole rings is 2. The molecule has 1 aromatic carbocycles. The number of carbonyl (C=O) groups excluding carboxylic acids is 2. The maximum absolute atomic E-state index is 12.9. The molecular formula is C24H23N5O2S2. The van der Waals surface area contributed by atoms with Crippen LogP contribution >= 0.6 is 22.7 Å². The monoisotopic (exact) mass is 477 g/mol. The summed E-state index contributed by atoms with van der Waals surface area (Å²) < 4.78 is 0. The van der Waals surface area contributed by atoms with Crippen molar-refractivity contribution in [2.75, 3.05) is 18.4 Å². The minimum Gasteiger partial charge on any atom is -0.338 e. The number of piperidine rings is 1. The molecule has 7 nitrogen and oxygen atoms in total. The fraction of sp³-hybridized carbons (Fsp3) is 0.292. The van der Waals surface area contributed by atoms with E-state index in [0.29, 0.717) is 18.8 Å². The van der Waals surface area contributed by atoms with Gasteiger partial charge < -0.3 is 10.2 Å². The Morgan fingerprint density at radius 2 is 1.94 bits per heavy atom. The van der Waals surface area contributed by atoms with Crippen LogP contribution in [-0.2, 0) is 0 Å². The molecule has 0 atom stereocenters. The summed E-state index contributed by atoms with van der Waals surface area (Å²) in [6.45, 7) is 5.19. The predicted molar refractivity (Wildman–Crippen MR) is 131 cm³/mol. The Hall–Kier alpha value is -3.17. The molecule has 0 spiro atoms. The van der Waals surface area contributed by atoms with Gasteiger partial charge in [0.25, 0.3) is 11.8 Å². The fourth-order valence-corrected chi connectivity index (χ4v) is 5.99. The Bertz CT molecular complexity index is 1340. The van der Waals surface area contributed by atoms with Crippen molar-refractivity contribution >= 4 is 51.1 Å². The molecule has 168 valence electrons. The maximum Gasteiger partial charge on any atom is 0.275 e. The number of fused-ring (bicyclic) bond motifs is 1. The van der Waals surface area contributed by atoms with Crippen molar-refractivity contribution in [3.8, 4) is 0 Å². The van der Waals surface area contributed by atoms with E-state index in [9.17, 15) is 9.59 Å². The van der Waals surface area contributed by atoms with E-state index in [1.165, 1.54) is 22.7 Å².